The number of phenolic OH excluding ortho intramolecular Hbond substituents is 1. The smallest absolute Gasteiger partial charge is 0.325 e. The maximum absolute atomic E-state index is 13.8. The predicted molar refractivity (Wildman–Crippen MR) is 253 cm³/mol. The first-order chi connectivity index (χ1) is 33.1. The molecule has 0 radical (unpaired) electrons. The Balaban J connectivity index is 3.30. The van der Waals surface area contributed by atoms with Crippen molar-refractivity contribution in [1.82, 2.24) is 47.9 Å². The van der Waals surface area contributed by atoms with E-state index in [4.69, 9.17) is 5.73 Å². The number of carboxylic acids is 1. The highest BCUT2D eigenvalue weighted by Crippen LogP contribution is 2.15. The van der Waals surface area contributed by atoms with Crippen LogP contribution < -0.4 is 53.6 Å². The molecule has 26 heteroatoms. The maximum atomic E-state index is 13.8. The Labute approximate surface area is 411 Å². The van der Waals surface area contributed by atoms with Gasteiger partial charge in [0, 0.05) is 18.9 Å². The predicted octanol–water partition coefficient (Wildman–Crippen LogP) is -5.35. The standard InChI is InChI=1S/C45H74N10O16/c1-22(2)16-28(50-39(64)30(19-56)47-8)38(63)55-36(45(6,7)71)43(68)53-32(21-58)41(66)54-34(23(3)4)35(61)42(67)52-31(20-57)40(65)51-29(17-25-11-13-27(59)14-12-25)37(62)49-26(10-9-15-46)18-33(60)48-24(5)44(69)70/h11-14,22-24,26,28-32,34,36,47,56-59,71H,9-10,15-21,46H2,1-8H3,(H,48,60)(H,49,62)(H,50,64)(H,51,65)(H,52,67)(H,53,68)(H,54,66)(H,55,63)(H,69,70)/t24-,26-,28-,29-,30-,31-,32-,34-,36-/m0/s1. The van der Waals surface area contributed by atoms with Gasteiger partial charge in [0.2, 0.25) is 47.1 Å². The second-order valence-corrected chi connectivity index (χ2v) is 18.3. The molecule has 17 N–H and O–H groups in total. The van der Waals surface area contributed by atoms with E-state index in [0.717, 1.165) is 13.8 Å². The Morgan fingerprint density at radius 1 is 0.634 bits per heavy atom. The molecule has 1 rings (SSSR count). The number of likely N-dealkylation sites (N-methyl/N-ethyl adjacent to an activating group) is 1. The van der Waals surface area contributed by atoms with Crippen LogP contribution in [-0.2, 0) is 54.4 Å². The number of amides is 8. The molecule has 0 unspecified atom stereocenters. The van der Waals surface area contributed by atoms with E-state index in [-0.39, 0.29) is 43.9 Å². The number of rotatable bonds is 32. The van der Waals surface area contributed by atoms with Crippen LogP contribution in [0, 0.1) is 11.8 Å². The van der Waals surface area contributed by atoms with Crippen molar-refractivity contribution in [3.63, 3.8) is 0 Å². The number of hydrogen-bond donors (Lipinski definition) is 16. The highest BCUT2D eigenvalue weighted by molar-refractivity contribution is 6.39. The van der Waals surface area contributed by atoms with E-state index in [9.17, 15) is 78.6 Å². The van der Waals surface area contributed by atoms with Crippen molar-refractivity contribution < 1.29 is 78.6 Å². The molecule has 1 aromatic rings. The average Bonchev–Trinajstić information content (AvgIpc) is 3.29. The number of nitrogens with one attached hydrogen (secondary N) is 9. The first-order valence-electron chi connectivity index (χ1n) is 23.0. The lowest BCUT2D eigenvalue weighted by molar-refractivity contribution is -0.143. The van der Waals surface area contributed by atoms with Gasteiger partial charge in [-0.2, -0.15) is 0 Å². The number of hydrogen-bond acceptors (Lipinski definition) is 17. The summed E-state index contributed by atoms with van der Waals surface area (Å²) in [5.74, 6) is -12.0. The van der Waals surface area contributed by atoms with Crippen LogP contribution in [0.25, 0.3) is 0 Å². The molecule has 0 aliphatic rings. The average molecular weight is 1010 g/mol. The van der Waals surface area contributed by atoms with Gasteiger partial charge in [0.1, 0.15) is 48.0 Å². The minimum absolute atomic E-state index is 0.0695. The minimum atomic E-state index is -2.02. The van der Waals surface area contributed by atoms with E-state index >= 15 is 0 Å². The zero-order chi connectivity index (χ0) is 54.3. The van der Waals surface area contributed by atoms with E-state index in [0.29, 0.717) is 12.0 Å². The molecule has 0 bridgehead atoms. The number of carbonyl (C=O) groups is 10. The summed E-state index contributed by atoms with van der Waals surface area (Å²) in [5.41, 5.74) is 4.05. The lowest BCUT2D eigenvalue weighted by atomic mass is 9.95. The number of Topliss-reactive ketones (excluding diaryl/α,β-unsaturated/α-hetero) is 1. The summed E-state index contributed by atoms with van der Waals surface area (Å²) in [4.78, 5) is 132. The number of carbonyl (C=O) groups excluding carboxylic acids is 9. The van der Waals surface area contributed by atoms with Crippen molar-refractivity contribution in [2.24, 2.45) is 17.6 Å². The van der Waals surface area contributed by atoms with Crippen LogP contribution in [0.15, 0.2) is 24.3 Å². The van der Waals surface area contributed by atoms with Gasteiger partial charge in [-0.3, -0.25) is 47.9 Å². The van der Waals surface area contributed by atoms with Crippen molar-refractivity contribution in [3.8, 4) is 5.75 Å². The van der Waals surface area contributed by atoms with Gasteiger partial charge >= 0.3 is 5.97 Å². The Hall–Kier alpha value is -6.32. The lowest BCUT2D eigenvalue weighted by Gasteiger charge is -2.32. The molecule has 400 valence electrons. The molecule has 0 saturated heterocycles. The number of nitrogens with two attached hydrogens (primary N) is 1. The monoisotopic (exact) mass is 1010 g/mol. The van der Waals surface area contributed by atoms with E-state index in [2.05, 4.69) is 47.9 Å². The van der Waals surface area contributed by atoms with Gasteiger partial charge in [-0.15, -0.1) is 0 Å². The highest BCUT2D eigenvalue weighted by Gasteiger charge is 2.40. The molecular weight excluding hydrogens is 937 g/mol. The summed E-state index contributed by atoms with van der Waals surface area (Å²) in [6.45, 7) is 7.30. The second-order valence-electron chi connectivity index (χ2n) is 18.3. The maximum Gasteiger partial charge on any atom is 0.325 e. The number of aliphatic hydroxyl groups excluding tert-OH is 3. The highest BCUT2D eigenvalue weighted by atomic mass is 16.4. The number of aromatic hydroxyl groups is 1. The number of ketones is 1. The fourth-order valence-electron chi connectivity index (χ4n) is 6.72. The summed E-state index contributed by atoms with van der Waals surface area (Å²) in [6, 6.07) is -7.63. The first kappa shape index (κ1) is 62.7. The molecule has 0 aliphatic heterocycles. The van der Waals surface area contributed by atoms with Crippen LogP contribution in [0.2, 0.25) is 0 Å². The normalized spacial score (nSPS) is 15.3. The summed E-state index contributed by atoms with van der Waals surface area (Å²) in [6.07, 6.45) is -0.0384. The van der Waals surface area contributed by atoms with Crippen molar-refractivity contribution in [2.75, 3.05) is 33.4 Å². The van der Waals surface area contributed by atoms with Crippen LogP contribution in [0.4, 0.5) is 0 Å². The van der Waals surface area contributed by atoms with Crippen molar-refractivity contribution in [2.45, 2.75) is 141 Å². The molecule has 0 fully saturated rings. The van der Waals surface area contributed by atoms with E-state index in [1.165, 1.54) is 52.1 Å². The SMILES string of the molecule is CN[C@@H](CO)C(=O)N[C@@H](CC(C)C)C(=O)N[C@@H](C(=O)N[C@@H](CO)C(=O)N[C@H](C(=O)C(=O)N[C@@H](CO)C(=O)N[C@@H](Cc1ccc(O)cc1)C(=O)N[C@@H](CCCN)CC(=O)N[C@@H](C)C(=O)O)C(C)C)C(C)(C)O. The number of aliphatic hydroxyl groups is 4. The molecule has 0 saturated carbocycles. The molecule has 0 spiro atoms. The lowest BCUT2D eigenvalue weighted by Crippen LogP contribution is -2.64. The minimum Gasteiger partial charge on any atom is -0.508 e. The van der Waals surface area contributed by atoms with E-state index in [1.807, 2.05) is 0 Å². The number of carboxylic acid groups (broad SMARTS) is 1. The zero-order valence-corrected chi connectivity index (χ0v) is 41.4. The molecule has 1 aromatic carbocycles. The largest absolute Gasteiger partial charge is 0.508 e. The fourth-order valence-corrected chi connectivity index (χ4v) is 6.72. The Morgan fingerprint density at radius 2 is 1.13 bits per heavy atom. The molecule has 26 nitrogen and oxygen atoms in total. The third-order valence-corrected chi connectivity index (χ3v) is 10.8. The van der Waals surface area contributed by atoms with Crippen LogP contribution in [-0.4, -0.2) is 183 Å². The molecule has 71 heavy (non-hydrogen) atoms. The van der Waals surface area contributed by atoms with Gasteiger partial charge in [0.15, 0.2) is 0 Å². The molecule has 0 heterocycles. The van der Waals surface area contributed by atoms with Gasteiger partial charge < -0.3 is 84.2 Å². The molecule has 0 aromatic heterocycles. The Morgan fingerprint density at radius 3 is 1.62 bits per heavy atom. The number of phenols is 1. The summed E-state index contributed by atoms with van der Waals surface area (Å²) in [7, 11) is 1.42. The van der Waals surface area contributed by atoms with Crippen LogP contribution in [0.3, 0.4) is 0 Å². The van der Waals surface area contributed by atoms with Crippen molar-refractivity contribution >= 4 is 59.0 Å². The van der Waals surface area contributed by atoms with Crippen LogP contribution >= 0.6 is 0 Å². The number of benzene rings is 1. The summed E-state index contributed by atoms with van der Waals surface area (Å²) >= 11 is 0. The quantitative estimate of drug-likeness (QED) is 0.0300. The third kappa shape index (κ3) is 21.7. The number of aliphatic carboxylic acids is 1. The fraction of sp³-hybridized carbons (Fsp3) is 0.644. The van der Waals surface area contributed by atoms with Gasteiger partial charge in [-0.1, -0.05) is 39.8 Å². The molecular formula is C45H74N10O16. The topological polar surface area (TPSA) is 426 Å². The van der Waals surface area contributed by atoms with Gasteiger partial charge in [-0.05, 0) is 83.2 Å². The van der Waals surface area contributed by atoms with Crippen LogP contribution in [0.1, 0.15) is 79.7 Å². The van der Waals surface area contributed by atoms with Gasteiger partial charge in [0.25, 0.3) is 5.91 Å². The first-order valence-corrected chi connectivity index (χ1v) is 23.0. The van der Waals surface area contributed by atoms with Gasteiger partial charge in [-0.25, -0.2) is 0 Å². The van der Waals surface area contributed by atoms with E-state index in [1.54, 1.807) is 13.8 Å². The summed E-state index contributed by atoms with van der Waals surface area (Å²) in [5, 5.41) is 81.1. The van der Waals surface area contributed by atoms with Crippen molar-refractivity contribution in [3.05, 3.63) is 29.8 Å². The second kappa shape index (κ2) is 30.4. The van der Waals surface area contributed by atoms with Crippen LogP contribution in [0.5, 0.6) is 5.75 Å². The third-order valence-electron chi connectivity index (χ3n) is 10.8. The summed E-state index contributed by atoms with van der Waals surface area (Å²) < 4.78 is 0. The molecule has 0 aliphatic carbocycles. The Bertz CT molecular complexity index is 1980. The molecule has 8 amide bonds. The molecule has 9 atom stereocenters. The van der Waals surface area contributed by atoms with Gasteiger partial charge in [0.05, 0.1) is 31.5 Å². The van der Waals surface area contributed by atoms with Crippen molar-refractivity contribution in [1.29, 1.82) is 0 Å². The zero-order valence-electron chi connectivity index (χ0n) is 41.4. The Kier molecular flexibility index (Phi) is 26.9. The van der Waals surface area contributed by atoms with E-state index < -0.39 is 145 Å².